The number of hydrogen-bond acceptors (Lipinski definition) is 7. The second kappa shape index (κ2) is 9.55. The van der Waals surface area contributed by atoms with E-state index in [0.29, 0.717) is 30.2 Å². The van der Waals surface area contributed by atoms with Crippen molar-refractivity contribution >= 4 is 33.7 Å². The number of piperidine rings is 1. The number of carbonyl (C=O) groups excluding carboxylic acids is 1. The zero-order valence-electron chi connectivity index (χ0n) is 20.8. The average Bonchev–Trinajstić information content (AvgIpc) is 3.24. The Hall–Kier alpha value is -4.43. The number of amides is 1. The number of nitrogens with two attached hydrogens (primary N) is 2. The monoisotopic (exact) mass is 500 g/mol. The molecule has 4 aromatic rings. The van der Waals surface area contributed by atoms with E-state index >= 15 is 0 Å². The molecule has 4 heterocycles. The molecule has 11 nitrogen and oxygen atoms in total. The largest absolute Gasteiger partial charge is 0.365 e. The van der Waals surface area contributed by atoms with Gasteiger partial charge in [0, 0.05) is 37.8 Å². The maximum absolute atomic E-state index is 13.9. The van der Waals surface area contributed by atoms with Gasteiger partial charge in [0.2, 0.25) is 0 Å². The van der Waals surface area contributed by atoms with Crippen molar-refractivity contribution in [1.82, 2.24) is 23.7 Å². The van der Waals surface area contributed by atoms with Crippen molar-refractivity contribution in [2.24, 2.45) is 18.5 Å². The van der Waals surface area contributed by atoms with Crippen LogP contribution in [0.5, 0.6) is 0 Å². The molecule has 5 rings (SSSR count). The smallest absolute Gasteiger partial charge is 0.331 e. The van der Waals surface area contributed by atoms with E-state index in [1.54, 1.807) is 17.7 Å². The summed E-state index contributed by atoms with van der Waals surface area (Å²) in [5.74, 6) is 5.90. The maximum Gasteiger partial charge on any atom is 0.331 e. The number of carbonyl (C=O) groups is 1. The van der Waals surface area contributed by atoms with Crippen molar-refractivity contribution in [2.45, 2.75) is 38.9 Å². The van der Waals surface area contributed by atoms with E-state index in [1.165, 1.54) is 11.6 Å². The average molecular weight is 501 g/mol. The van der Waals surface area contributed by atoms with Crippen LogP contribution in [0, 0.1) is 11.8 Å². The number of benzene rings is 1. The minimum atomic E-state index is -0.729. The predicted molar refractivity (Wildman–Crippen MR) is 141 cm³/mol. The van der Waals surface area contributed by atoms with Gasteiger partial charge in [0.1, 0.15) is 22.7 Å². The third-order valence-electron chi connectivity index (χ3n) is 6.77. The van der Waals surface area contributed by atoms with E-state index in [2.05, 4.69) is 21.8 Å². The quantitative estimate of drug-likeness (QED) is 0.380. The molecule has 1 saturated heterocycles. The van der Waals surface area contributed by atoms with E-state index in [1.807, 2.05) is 29.2 Å². The molecule has 0 saturated carbocycles. The molecule has 0 aliphatic carbocycles. The molecule has 1 atom stereocenters. The summed E-state index contributed by atoms with van der Waals surface area (Å²) in [6, 6.07) is 7.38. The molecule has 37 heavy (non-hydrogen) atoms. The number of fused-ring (bicyclic) bond motifs is 2. The lowest BCUT2D eigenvalue weighted by atomic mass is 10.1. The molecular formula is C26H28N8O3. The van der Waals surface area contributed by atoms with E-state index in [4.69, 9.17) is 11.5 Å². The van der Waals surface area contributed by atoms with Crippen LogP contribution in [0.4, 0.5) is 5.82 Å². The number of anilines is 1. The van der Waals surface area contributed by atoms with Gasteiger partial charge >= 0.3 is 5.69 Å². The standard InChI is InChI=1S/C26H28N8O3/c1-3-4-12-33-22-21(20(23(28)35)24(33)32-11-7-9-17(27)14-32)31(2)26(37)34(25(22)36)15-19-29-13-16-8-5-6-10-18(16)30-19/h5-6,8,10,13,17H,7,9,11-12,14-15,27H2,1-2H3,(H2,28,35)/t17-/m1/s1. The minimum Gasteiger partial charge on any atom is -0.365 e. The molecule has 1 fully saturated rings. The van der Waals surface area contributed by atoms with Crippen molar-refractivity contribution in [3.63, 3.8) is 0 Å². The number of primary amides is 1. The molecule has 0 bridgehead atoms. The third kappa shape index (κ3) is 4.15. The van der Waals surface area contributed by atoms with E-state index < -0.39 is 17.2 Å². The Bertz CT molecular complexity index is 1720. The number of para-hydroxylation sites is 1. The summed E-state index contributed by atoms with van der Waals surface area (Å²) >= 11 is 0. The van der Waals surface area contributed by atoms with Crippen LogP contribution in [-0.4, -0.2) is 48.7 Å². The molecule has 4 N–H and O–H groups in total. The lowest BCUT2D eigenvalue weighted by molar-refractivity contribution is 0.100. The number of aryl methyl sites for hydroxylation is 1. The highest BCUT2D eigenvalue weighted by Crippen LogP contribution is 2.32. The molecule has 1 amide bonds. The Morgan fingerprint density at radius 2 is 1.97 bits per heavy atom. The highest BCUT2D eigenvalue weighted by molar-refractivity contribution is 6.10. The highest BCUT2D eigenvalue weighted by atomic mass is 16.2. The summed E-state index contributed by atoms with van der Waals surface area (Å²) < 4.78 is 4.06. The van der Waals surface area contributed by atoms with Gasteiger partial charge in [0.05, 0.1) is 24.1 Å². The fourth-order valence-corrected chi connectivity index (χ4v) is 5.07. The fourth-order valence-electron chi connectivity index (χ4n) is 5.07. The van der Waals surface area contributed by atoms with Crippen molar-refractivity contribution in [3.05, 3.63) is 62.7 Å². The van der Waals surface area contributed by atoms with E-state index in [-0.39, 0.29) is 35.7 Å². The summed E-state index contributed by atoms with van der Waals surface area (Å²) in [6.45, 7) is 2.83. The summed E-state index contributed by atoms with van der Waals surface area (Å²) in [5, 5.41) is 0.851. The molecule has 3 aromatic heterocycles. The Kier molecular flexibility index (Phi) is 6.27. The minimum absolute atomic E-state index is 0.0938. The number of hydrogen-bond donors (Lipinski definition) is 2. The van der Waals surface area contributed by atoms with Gasteiger partial charge in [-0.2, -0.15) is 0 Å². The molecule has 1 aromatic carbocycles. The van der Waals surface area contributed by atoms with Crippen LogP contribution in [0.3, 0.4) is 0 Å². The fraction of sp³-hybridized carbons (Fsp3) is 0.346. The zero-order valence-corrected chi connectivity index (χ0v) is 20.8. The Labute approximate surface area is 212 Å². The van der Waals surface area contributed by atoms with Crippen LogP contribution < -0.4 is 27.6 Å². The first-order valence-electron chi connectivity index (χ1n) is 12.1. The van der Waals surface area contributed by atoms with Crippen LogP contribution in [-0.2, 0) is 20.1 Å². The van der Waals surface area contributed by atoms with Gasteiger partial charge in [-0.3, -0.25) is 18.7 Å². The molecule has 190 valence electrons. The van der Waals surface area contributed by atoms with Gasteiger partial charge in [-0.15, -0.1) is 5.92 Å². The highest BCUT2D eigenvalue weighted by Gasteiger charge is 2.32. The number of rotatable bonds is 5. The van der Waals surface area contributed by atoms with Gasteiger partial charge in [-0.1, -0.05) is 24.1 Å². The van der Waals surface area contributed by atoms with Gasteiger partial charge < -0.3 is 20.9 Å². The van der Waals surface area contributed by atoms with Gasteiger partial charge in [0.15, 0.2) is 0 Å². The van der Waals surface area contributed by atoms with E-state index in [9.17, 15) is 14.4 Å². The van der Waals surface area contributed by atoms with E-state index in [0.717, 1.165) is 22.8 Å². The summed E-state index contributed by atoms with van der Waals surface area (Å²) in [7, 11) is 1.52. The summed E-state index contributed by atoms with van der Waals surface area (Å²) in [4.78, 5) is 51.0. The third-order valence-corrected chi connectivity index (χ3v) is 6.77. The van der Waals surface area contributed by atoms with Crippen molar-refractivity contribution in [2.75, 3.05) is 18.0 Å². The first-order chi connectivity index (χ1) is 17.8. The van der Waals surface area contributed by atoms with Gasteiger partial charge in [-0.05, 0) is 25.8 Å². The number of aromatic nitrogens is 5. The molecule has 0 unspecified atom stereocenters. The predicted octanol–water partition coefficient (Wildman–Crippen LogP) is 0.543. The number of nitrogens with zero attached hydrogens (tertiary/aromatic N) is 6. The molecular weight excluding hydrogens is 472 g/mol. The summed E-state index contributed by atoms with van der Waals surface area (Å²) in [6.07, 6.45) is 3.34. The Morgan fingerprint density at radius 1 is 1.19 bits per heavy atom. The maximum atomic E-state index is 13.9. The zero-order chi connectivity index (χ0) is 26.3. The lowest BCUT2D eigenvalue weighted by Gasteiger charge is -2.33. The SMILES string of the molecule is CC#CCn1c(N2CCC[C@@H](N)C2)c(C(N)=O)c2c1c(=O)n(Cc1ncc3ccccc3n1)c(=O)n2C. The second-order valence-corrected chi connectivity index (χ2v) is 9.20. The van der Waals surface area contributed by atoms with Crippen LogP contribution >= 0.6 is 0 Å². The van der Waals surface area contributed by atoms with Gasteiger partial charge in [0.25, 0.3) is 11.5 Å². The topological polar surface area (TPSA) is 147 Å². The van der Waals surface area contributed by atoms with Crippen molar-refractivity contribution in [1.29, 1.82) is 0 Å². The Morgan fingerprint density at radius 3 is 2.70 bits per heavy atom. The first-order valence-corrected chi connectivity index (χ1v) is 12.1. The van der Waals surface area contributed by atoms with Crippen LogP contribution in [0.1, 0.15) is 35.9 Å². The lowest BCUT2D eigenvalue weighted by Crippen LogP contribution is -2.44. The molecule has 1 aliphatic heterocycles. The van der Waals surface area contributed by atoms with Crippen LogP contribution in [0.25, 0.3) is 21.9 Å². The molecule has 11 heteroatoms. The Balaban J connectivity index is 1.78. The summed E-state index contributed by atoms with van der Waals surface area (Å²) in [5.41, 5.74) is 12.1. The normalized spacial score (nSPS) is 15.6. The first kappa shape index (κ1) is 24.3. The van der Waals surface area contributed by atoms with Gasteiger partial charge in [-0.25, -0.2) is 14.8 Å². The van der Waals surface area contributed by atoms with Crippen molar-refractivity contribution in [3.8, 4) is 11.8 Å². The van der Waals surface area contributed by atoms with Crippen LogP contribution in [0.2, 0.25) is 0 Å². The molecule has 0 radical (unpaired) electrons. The van der Waals surface area contributed by atoms with Crippen molar-refractivity contribution < 1.29 is 4.79 Å². The molecule has 1 aliphatic rings. The molecule has 0 spiro atoms. The second-order valence-electron chi connectivity index (χ2n) is 9.20. The van der Waals surface area contributed by atoms with Crippen LogP contribution in [0.15, 0.2) is 40.1 Å².